The van der Waals surface area contributed by atoms with Crippen molar-refractivity contribution in [3.8, 4) is 6.07 Å². The number of nitrogens with zero attached hydrogens (tertiary/aromatic N) is 3. The molecular formula is C19H25ClN4O. The van der Waals surface area contributed by atoms with Gasteiger partial charge in [0.15, 0.2) is 0 Å². The van der Waals surface area contributed by atoms with E-state index in [0.29, 0.717) is 6.54 Å². The Balaban J connectivity index is 1.42. The second kappa shape index (κ2) is 8.18. The number of carbonyl (C=O) groups is 1. The second-order valence-electron chi connectivity index (χ2n) is 7.13. The normalized spacial score (nSPS) is 21.0. The number of benzene rings is 1. The number of amides is 1. The van der Waals surface area contributed by atoms with E-state index in [-0.39, 0.29) is 5.91 Å². The molecule has 0 spiro atoms. The molecule has 6 heteroatoms. The van der Waals surface area contributed by atoms with Gasteiger partial charge in [-0.05, 0) is 43.4 Å². The zero-order valence-electron chi connectivity index (χ0n) is 14.5. The first-order chi connectivity index (χ1) is 12.1. The summed E-state index contributed by atoms with van der Waals surface area (Å²) in [4.78, 5) is 16.9. The summed E-state index contributed by atoms with van der Waals surface area (Å²) in [6.45, 7) is 4.94. The zero-order chi connectivity index (χ0) is 17.7. The Hall–Kier alpha value is -1.61. The van der Waals surface area contributed by atoms with Crippen LogP contribution in [0, 0.1) is 11.3 Å². The topological polar surface area (TPSA) is 59.4 Å². The Kier molecular flexibility index (Phi) is 5.95. The first-order valence-electron chi connectivity index (χ1n) is 9.00. The molecule has 2 fully saturated rings. The van der Waals surface area contributed by atoms with Crippen LogP contribution in [-0.4, -0.2) is 54.0 Å². The van der Waals surface area contributed by atoms with Crippen LogP contribution in [0.3, 0.4) is 0 Å². The van der Waals surface area contributed by atoms with Gasteiger partial charge in [-0.15, -0.1) is 0 Å². The minimum atomic E-state index is -0.618. The van der Waals surface area contributed by atoms with Crippen molar-refractivity contribution in [1.29, 1.82) is 5.26 Å². The number of carbonyl (C=O) groups excluding carboxylic acids is 1. The summed E-state index contributed by atoms with van der Waals surface area (Å²) in [6, 6.07) is 10.3. The van der Waals surface area contributed by atoms with Crippen molar-refractivity contribution in [1.82, 2.24) is 15.1 Å². The predicted octanol–water partition coefficient (Wildman–Crippen LogP) is 2.41. The van der Waals surface area contributed by atoms with Gasteiger partial charge in [0, 0.05) is 37.7 Å². The third-order valence-electron chi connectivity index (χ3n) is 5.20. The Labute approximate surface area is 154 Å². The van der Waals surface area contributed by atoms with Crippen molar-refractivity contribution in [2.75, 3.05) is 32.7 Å². The van der Waals surface area contributed by atoms with E-state index in [1.165, 1.54) is 5.56 Å². The van der Waals surface area contributed by atoms with Crippen LogP contribution in [0.5, 0.6) is 0 Å². The van der Waals surface area contributed by atoms with Gasteiger partial charge in [0.05, 0.1) is 12.6 Å². The lowest BCUT2D eigenvalue weighted by molar-refractivity contribution is -0.124. The van der Waals surface area contributed by atoms with Gasteiger partial charge in [-0.2, -0.15) is 5.26 Å². The van der Waals surface area contributed by atoms with E-state index < -0.39 is 5.54 Å². The molecule has 0 bridgehead atoms. The average molecular weight is 361 g/mol. The third-order valence-corrected chi connectivity index (χ3v) is 5.45. The summed E-state index contributed by atoms with van der Waals surface area (Å²) in [7, 11) is 0. The first-order valence-corrected chi connectivity index (χ1v) is 9.38. The molecule has 1 N–H and O–H groups in total. The summed E-state index contributed by atoms with van der Waals surface area (Å²) in [5.74, 6) is -0.0189. The number of piperazine rings is 1. The molecule has 2 aliphatic rings. The molecule has 1 aliphatic heterocycles. The van der Waals surface area contributed by atoms with Crippen molar-refractivity contribution < 1.29 is 4.79 Å². The highest BCUT2D eigenvalue weighted by molar-refractivity contribution is 6.30. The van der Waals surface area contributed by atoms with E-state index in [4.69, 9.17) is 11.6 Å². The van der Waals surface area contributed by atoms with E-state index in [2.05, 4.69) is 33.3 Å². The van der Waals surface area contributed by atoms with Crippen LogP contribution in [0.25, 0.3) is 0 Å². The number of nitriles is 1. The third kappa shape index (κ3) is 4.94. The van der Waals surface area contributed by atoms with Gasteiger partial charge < -0.3 is 5.32 Å². The molecule has 1 heterocycles. The lowest BCUT2D eigenvalue weighted by Gasteiger charge is -2.35. The van der Waals surface area contributed by atoms with Crippen LogP contribution in [-0.2, 0) is 11.3 Å². The summed E-state index contributed by atoms with van der Waals surface area (Å²) < 4.78 is 0. The van der Waals surface area contributed by atoms with Gasteiger partial charge in [-0.3, -0.25) is 14.6 Å². The quantitative estimate of drug-likeness (QED) is 0.876. The van der Waals surface area contributed by atoms with Gasteiger partial charge in [0.2, 0.25) is 5.91 Å². The number of rotatable bonds is 5. The maximum atomic E-state index is 12.3. The van der Waals surface area contributed by atoms with Gasteiger partial charge in [-0.1, -0.05) is 23.7 Å². The lowest BCUT2D eigenvalue weighted by atomic mass is 10.00. The number of halogens is 1. The summed E-state index contributed by atoms with van der Waals surface area (Å²) in [6.07, 6.45) is 3.61. The molecule has 0 unspecified atom stereocenters. The summed E-state index contributed by atoms with van der Waals surface area (Å²) in [5.41, 5.74) is 0.640. The fraction of sp³-hybridized carbons (Fsp3) is 0.579. The van der Waals surface area contributed by atoms with Crippen LogP contribution in [0.2, 0.25) is 5.02 Å². The van der Waals surface area contributed by atoms with Crippen molar-refractivity contribution in [3.63, 3.8) is 0 Å². The van der Waals surface area contributed by atoms with Crippen LogP contribution >= 0.6 is 11.6 Å². The highest BCUT2D eigenvalue weighted by atomic mass is 35.5. The molecule has 1 amide bonds. The van der Waals surface area contributed by atoms with Crippen molar-refractivity contribution in [3.05, 3.63) is 34.9 Å². The highest BCUT2D eigenvalue weighted by Gasteiger charge is 2.35. The molecule has 1 aromatic carbocycles. The maximum absolute atomic E-state index is 12.3. The number of hydrogen-bond donors (Lipinski definition) is 1. The van der Waals surface area contributed by atoms with Crippen LogP contribution in [0.1, 0.15) is 31.2 Å². The van der Waals surface area contributed by atoms with E-state index in [9.17, 15) is 10.1 Å². The molecule has 1 aliphatic carbocycles. The zero-order valence-corrected chi connectivity index (χ0v) is 15.3. The largest absolute Gasteiger partial charge is 0.337 e. The summed E-state index contributed by atoms with van der Waals surface area (Å²) >= 11 is 5.92. The van der Waals surface area contributed by atoms with Gasteiger partial charge in [-0.25, -0.2) is 0 Å². The molecule has 134 valence electrons. The Morgan fingerprint density at radius 3 is 2.32 bits per heavy atom. The van der Waals surface area contributed by atoms with E-state index in [1.807, 2.05) is 12.1 Å². The molecule has 25 heavy (non-hydrogen) atoms. The van der Waals surface area contributed by atoms with E-state index in [0.717, 1.165) is 63.4 Å². The molecule has 0 radical (unpaired) electrons. The Morgan fingerprint density at radius 2 is 1.72 bits per heavy atom. The smallest absolute Gasteiger partial charge is 0.235 e. The first kappa shape index (κ1) is 18.2. The van der Waals surface area contributed by atoms with Gasteiger partial charge in [0.25, 0.3) is 0 Å². The summed E-state index contributed by atoms with van der Waals surface area (Å²) in [5, 5.41) is 13.1. The molecule has 1 aromatic rings. The predicted molar refractivity (Wildman–Crippen MR) is 98.1 cm³/mol. The Bertz CT molecular complexity index is 626. The molecule has 1 saturated carbocycles. The van der Waals surface area contributed by atoms with Gasteiger partial charge in [0.1, 0.15) is 5.54 Å². The molecule has 0 aromatic heterocycles. The SMILES string of the molecule is N#CC1(NC(=O)CN2CCN(Cc3ccc(Cl)cc3)CC2)CCCC1. The number of nitrogens with one attached hydrogen (secondary N) is 1. The lowest BCUT2D eigenvalue weighted by Crippen LogP contribution is -2.52. The molecule has 1 saturated heterocycles. The monoisotopic (exact) mass is 360 g/mol. The average Bonchev–Trinajstić information content (AvgIpc) is 3.07. The molecular weight excluding hydrogens is 336 g/mol. The minimum absolute atomic E-state index is 0.0189. The molecule has 0 atom stereocenters. The second-order valence-corrected chi connectivity index (χ2v) is 7.56. The van der Waals surface area contributed by atoms with E-state index >= 15 is 0 Å². The van der Waals surface area contributed by atoms with Crippen molar-refractivity contribution in [2.24, 2.45) is 0 Å². The standard InChI is InChI=1S/C19H25ClN4O/c20-17-5-3-16(4-6-17)13-23-9-11-24(12-10-23)14-18(25)22-19(15-21)7-1-2-8-19/h3-6H,1-2,7-14H2,(H,22,25). The van der Waals surface area contributed by atoms with Crippen LogP contribution < -0.4 is 5.32 Å². The van der Waals surface area contributed by atoms with Crippen molar-refractivity contribution in [2.45, 2.75) is 37.8 Å². The maximum Gasteiger partial charge on any atom is 0.235 e. The van der Waals surface area contributed by atoms with Crippen LogP contribution in [0.4, 0.5) is 0 Å². The fourth-order valence-electron chi connectivity index (χ4n) is 3.71. The van der Waals surface area contributed by atoms with Crippen molar-refractivity contribution >= 4 is 17.5 Å². The minimum Gasteiger partial charge on any atom is -0.337 e. The Morgan fingerprint density at radius 1 is 1.12 bits per heavy atom. The fourth-order valence-corrected chi connectivity index (χ4v) is 3.83. The molecule has 3 rings (SSSR count). The van der Waals surface area contributed by atoms with Gasteiger partial charge >= 0.3 is 0 Å². The highest BCUT2D eigenvalue weighted by Crippen LogP contribution is 2.28. The number of hydrogen-bond acceptors (Lipinski definition) is 4. The molecule has 5 nitrogen and oxygen atoms in total. The van der Waals surface area contributed by atoms with E-state index in [1.54, 1.807) is 0 Å². The van der Waals surface area contributed by atoms with Crippen LogP contribution in [0.15, 0.2) is 24.3 Å².